The Kier molecular flexibility index (Phi) is 2.00. The molecule has 3 aromatic rings. The molecule has 80 valence electrons. The lowest BCUT2D eigenvalue weighted by atomic mass is 10.3. The van der Waals surface area contributed by atoms with Gasteiger partial charge in [0.1, 0.15) is 10.8 Å². The Labute approximate surface area is 95.4 Å². The molecule has 5 nitrogen and oxygen atoms in total. The van der Waals surface area contributed by atoms with Gasteiger partial charge in [-0.2, -0.15) is 5.10 Å². The summed E-state index contributed by atoms with van der Waals surface area (Å²) in [6.45, 7) is 0. The molecule has 3 rings (SSSR count). The van der Waals surface area contributed by atoms with Gasteiger partial charge in [0, 0.05) is 11.6 Å². The van der Waals surface area contributed by atoms with Crippen LogP contribution in [0.4, 0.5) is 5.82 Å². The van der Waals surface area contributed by atoms with Gasteiger partial charge in [0.15, 0.2) is 0 Å². The third kappa shape index (κ3) is 1.40. The van der Waals surface area contributed by atoms with E-state index in [1.807, 2.05) is 23.7 Å². The lowest BCUT2D eigenvalue weighted by Crippen LogP contribution is -1.87. The summed E-state index contributed by atoms with van der Waals surface area (Å²) in [5.41, 5.74) is 8.52. The Morgan fingerprint density at radius 1 is 1.38 bits per heavy atom. The number of nitrogens with two attached hydrogens (primary N) is 1. The van der Waals surface area contributed by atoms with E-state index >= 15 is 0 Å². The highest BCUT2D eigenvalue weighted by atomic mass is 32.1. The number of rotatable bonds is 2. The smallest absolute Gasteiger partial charge is 0.129 e. The summed E-state index contributed by atoms with van der Waals surface area (Å²) in [4.78, 5) is 7.62. The minimum atomic E-state index is 0.549. The molecule has 0 amide bonds. The van der Waals surface area contributed by atoms with Gasteiger partial charge in [-0.25, -0.2) is 4.98 Å². The maximum Gasteiger partial charge on any atom is 0.129 e. The summed E-state index contributed by atoms with van der Waals surface area (Å²) < 4.78 is 0. The minimum Gasteiger partial charge on any atom is -0.383 e. The number of anilines is 1. The van der Waals surface area contributed by atoms with Gasteiger partial charge in [-0.15, -0.1) is 11.3 Å². The van der Waals surface area contributed by atoms with Crippen LogP contribution in [0.15, 0.2) is 29.9 Å². The van der Waals surface area contributed by atoms with E-state index in [9.17, 15) is 0 Å². The number of nitrogens with one attached hydrogen (secondary N) is 2. The molecule has 3 heterocycles. The maximum atomic E-state index is 5.74. The monoisotopic (exact) mass is 231 g/mol. The van der Waals surface area contributed by atoms with Gasteiger partial charge in [0.25, 0.3) is 0 Å². The van der Waals surface area contributed by atoms with E-state index < -0.39 is 0 Å². The summed E-state index contributed by atoms with van der Waals surface area (Å²) in [5, 5.41) is 9.44. The van der Waals surface area contributed by atoms with Crippen LogP contribution in [0.25, 0.3) is 22.0 Å². The number of nitrogens with zero attached hydrogens (tertiary/aromatic N) is 2. The number of hydrogen-bond acceptors (Lipinski definition) is 4. The van der Waals surface area contributed by atoms with Crippen LogP contribution in [0, 0.1) is 0 Å². The standard InChI is InChI=1S/C10H9N5S/c11-9-6(4-13-15-9)10-14-8(5-16-10)7-2-1-3-12-7/h1-5,12H,(H3,11,13,15). The molecule has 0 aromatic carbocycles. The van der Waals surface area contributed by atoms with E-state index in [2.05, 4.69) is 20.2 Å². The maximum absolute atomic E-state index is 5.74. The number of nitrogen functional groups attached to an aromatic ring is 1. The summed E-state index contributed by atoms with van der Waals surface area (Å²) in [7, 11) is 0. The van der Waals surface area contributed by atoms with Gasteiger partial charge in [0.2, 0.25) is 0 Å². The highest BCUT2D eigenvalue weighted by Crippen LogP contribution is 2.30. The fourth-order valence-corrected chi connectivity index (χ4v) is 2.32. The zero-order valence-corrected chi connectivity index (χ0v) is 9.08. The van der Waals surface area contributed by atoms with Crippen LogP contribution < -0.4 is 5.73 Å². The molecule has 0 saturated heterocycles. The first-order valence-electron chi connectivity index (χ1n) is 4.73. The van der Waals surface area contributed by atoms with Crippen LogP contribution in [0.5, 0.6) is 0 Å². The third-order valence-corrected chi connectivity index (χ3v) is 3.15. The van der Waals surface area contributed by atoms with Crippen molar-refractivity contribution < 1.29 is 0 Å². The zero-order chi connectivity index (χ0) is 11.0. The van der Waals surface area contributed by atoms with E-state index in [-0.39, 0.29) is 0 Å². The fraction of sp³-hybridized carbons (Fsp3) is 0. The molecule has 0 spiro atoms. The molecule has 6 heteroatoms. The molecule has 0 fully saturated rings. The van der Waals surface area contributed by atoms with Crippen molar-refractivity contribution in [1.29, 1.82) is 0 Å². The van der Waals surface area contributed by atoms with Crippen LogP contribution in [0.2, 0.25) is 0 Å². The van der Waals surface area contributed by atoms with Crippen molar-refractivity contribution in [3.05, 3.63) is 29.9 Å². The lowest BCUT2D eigenvalue weighted by molar-refractivity contribution is 1.10. The quantitative estimate of drug-likeness (QED) is 0.631. The molecule has 0 aliphatic rings. The van der Waals surface area contributed by atoms with Crippen molar-refractivity contribution in [3.8, 4) is 22.0 Å². The van der Waals surface area contributed by atoms with E-state index in [1.165, 1.54) is 0 Å². The summed E-state index contributed by atoms with van der Waals surface area (Å²) in [6.07, 6.45) is 3.56. The summed E-state index contributed by atoms with van der Waals surface area (Å²) in [6, 6.07) is 3.93. The molecule has 0 atom stereocenters. The van der Waals surface area contributed by atoms with Crippen LogP contribution in [-0.4, -0.2) is 20.2 Å². The number of H-pyrrole nitrogens is 2. The van der Waals surface area contributed by atoms with Crippen molar-refractivity contribution >= 4 is 17.2 Å². The Bertz CT molecular complexity index is 592. The van der Waals surface area contributed by atoms with E-state index in [4.69, 9.17) is 5.73 Å². The molecule has 0 aliphatic carbocycles. The topological polar surface area (TPSA) is 83.4 Å². The lowest BCUT2D eigenvalue weighted by Gasteiger charge is -1.91. The minimum absolute atomic E-state index is 0.549. The average Bonchev–Trinajstić information content (AvgIpc) is 2.96. The van der Waals surface area contributed by atoms with Crippen LogP contribution in [0.1, 0.15) is 0 Å². The molecule has 16 heavy (non-hydrogen) atoms. The molecule has 0 saturated carbocycles. The highest BCUT2D eigenvalue weighted by molar-refractivity contribution is 7.13. The SMILES string of the molecule is Nc1[nH]ncc1-c1nc(-c2ccc[nH]2)cs1. The average molecular weight is 231 g/mol. The molecule has 3 aromatic heterocycles. The van der Waals surface area contributed by atoms with Crippen molar-refractivity contribution in [2.24, 2.45) is 0 Å². The molecule has 4 N–H and O–H groups in total. The predicted molar refractivity (Wildman–Crippen MR) is 63.9 cm³/mol. The van der Waals surface area contributed by atoms with Gasteiger partial charge in [-0.1, -0.05) is 0 Å². The van der Waals surface area contributed by atoms with E-state index in [0.29, 0.717) is 5.82 Å². The van der Waals surface area contributed by atoms with Gasteiger partial charge < -0.3 is 10.7 Å². The van der Waals surface area contributed by atoms with Gasteiger partial charge >= 0.3 is 0 Å². The van der Waals surface area contributed by atoms with Crippen LogP contribution in [-0.2, 0) is 0 Å². The molecule has 0 unspecified atom stereocenters. The van der Waals surface area contributed by atoms with Gasteiger partial charge in [-0.05, 0) is 12.1 Å². The normalized spacial score (nSPS) is 10.8. The van der Waals surface area contributed by atoms with Crippen LogP contribution >= 0.6 is 11.3 Å². The predicted octanol–water partition coefficient (Wildman–Crippen LogP) is 2.11. The first-order valence-corrected chi connectivity index (χ1v) is 5.61. The number of thiazole rings is 1. The van der Waals surface area contributed by atoms with Crippen LogP contribution in [0.3, 0.4) is 0 Å². The highest BCUT2D eigenvalue weighted by Gasteiger charge is 2.10. The second kappa shape index (κ2) is 3.49. The zero-order valence-electron chi connectivity index (χ0n) is 8.27. The number of aromatic amines is 2. The van der Waals surface area contributed by atoms with Gasteiger partial charge in [0.05, 0.1) is 23.1 Å². The second-order valence-electron chi connectivity index (χ2n) is 3.32. The third-order valence-electron chi connectivity index (χ3n) is 2.28. The summed E-state index contributed by atoms with van der Waals surface area (Å²) >= 11 is 1.55. The molecule has 0 aliphatic heterocycles. The van der Waals surface area contributed by atoms with Gasteiger partial charge in [-0.3, -0.25) is 5.10 Å². The molecular formula is C10H9N5S. The first-order chi connectivity index (χ1) is 7.84. The fourth-order valence-electron chi connectivity index (χ4n) is 1.48. The van der Waals surface area contributed by atoms with E-state index in [1.54, 1.807) is 17.5 Å². The number of aromatic nitrogens is 4. The molecule has 0 bridgehead atoms. The molecule has 0 radical (unpaired) electrons. The second-order valence-corrected chi connectivity index (χ2v) is 4.18. The Morgan fingerprint density at radius 2 is 2.31 bits per heavy atom. The van der Waals surface area contributed by atoms with E-state index in [0.717, 1.165) is 22.0 Å². The Morgan fingerprint density at radius 3 is 3.00 bits per heavy atom. The first kappa shape index (κ1) is 9.17. The molecular weight excluding hydrogens is 222 g/mol. The van der Waals surface area contributed by atoms with Crippen molar-refractivity contribution in [3.63, 3.8) is 0 Å². The Balaban J connectivity index is 2.03. The van der Waals surface area contributed by atoms with Crippen molar-refractivity contribution in [2.75, 3.05) is 5.73 Å². The largest absolute Gasteiger partial charge is 0.383 e. The Hall–Kier alpha value is -2.08. The summed E-state index contributed by atoms with van der Waals surface area (Å²) in [5.74, 6) is 0.549. The van der Waals surface area contributed by atoms with Crippen molar-refractivity contribution in [1.82, 2.24) is 20.2 Å². The van der Waals surface area contributed by atoms with Crippen molar-refractivity contribution in [2.45, 2.75) is 0 Å². The number of hydrogen-bond donors (Lipinski definition) is 3.